The van der Waals surface area contributed by atoms with Crippen LogP contribution in [0.5, 0.6) is 5.75 Å². The monoisotopic (exact) mass is 311 g/mol. The van der Waals surface area contributed by atoms with E-state index in [1.165, 1.54) is 0 Å². The summed E-state index contributed by atoms with van der Waals surface area (Å²) in [5, 5.41) is 0.706. The summed E-state index contributed by atoms with van der Waals surface area (Å²) >= 11 is 5.82. The molecule has 116 valence electrons. The maximum atomic E-state index is 11.8. The van der Waals surface area contributed by atoms with Gasteiger partial charge in [0.1, 0.15) is 12.4 Å². The van der Waals surface area contributed by atoms with Gasteiger partial charge in [-0.05, 0) is 31.2 Å². The predicted octanol–water partition coefficient (Wildman–Crippen LogP) is 1.21. The fraction of sp³-hybridized carbons (Fsp3) is 0.533. The van der Waals surface area contributed by atoms with Crippen molar-refractivity contribution in [2.45, 2.75) is 13.0 Å². The Morgan fingerprint density at radius 1 is 1.29 bits per heavy atom. The van der Waals surface area contributed by atoms with Gasteiger partial charge in [-0.25, -0.2) is 0 Å². The zero-order valence-electron chi connectivity index (χ0n) is 12.3. The van der Waals surface area contributed by atoms with E-state index in [9.17, 15) is 4.79 Å². The Labute approximate surface area is 130 Å². The molecule has 1 aliphatic heterocycles. The molecule has 2 N–H and O–H groups in total. The molecule has 1 amide bonds. The fourth-order valence-electron chi connectivity index (χ4n) is 2.30. The highest BCUT2D eigenvalue weighted by Gasteiger charge is 2.22. The molecular formula is C15H22ClN3O2. The Hall–Kier alpha value is -1.30. The minimum atomic E-state index is -0.412. The van der Waals surface area contributed by atoms with E-state index in [0.29, 0.717) is 11.6 Å². The molecule has 1 atom stereocenters. The van der Waals surface area contributed by atoms with Gasteiger partial charge >= 0.3 is 0 Å². The summed E-state index contributed by atoms with van der Waals surface area (Å²) < 4.78 is 5.68. The van der Waals surface area contributed by atoms with Crippen molar-refractivity contribution in [2.24, 2.45) is 5.73 Å². The Kier molecular flexibility index (Phi) is 5.85. The molecular weight excluding hydrogens is 290 g/mol. The zero-order valence-corrected chi connectivity index (χ0v) is 13.1. The van der Waals surface area contributed by atoms with E-state index in [0.717, 1.165) is 38.5 Å². The highest BCUT2D eigenvalue weighted by atomic mass is 35.5. The first-order valence-electron chi connectivity index (χ1n) is 7.21. The van der Waals surface area contributed by atoms with Gasteiger partial charge in [-0.1, -0.05) is 11.6 Å². The SMILES string of the molecule is CC(N)C(=O)N1CCN(CCOc2ccc(Cl)cc2)CC1. The number of ether oxygens (including phenoxy) is 1. The van der Waals surface area contributed by atoms with Crippen molar-refractivity contribution in [3.8, 4) is 5.75 Å². The Bertz CT molecular complexity index is 456. The summed E-state index contributed by atoms with van der Waals surface area (Å²) in [6.07, 6.45) is 0. The lowest BCUT2D eigenvalue weighted by Crippen LogP contribution is -2.53. The lowest BCUT2D eigenvalue weighted by atomic mass is 10.2. The van der Waals surface area contributed by atoms with Crippen molar-refractivity contribution in [1.82, 2.24) is 9.80 Å². The molecule has 1 aromatic carbocycles. The van der Waals surface area contributed by atoms with Gasteiger partial charge in [0.05, 0.1) is 6.04 Å². The molecule has 0 aromatic heterocycles. The molecule has 1 saturated heterocycles. The third-order valence-electron chi connectivity index (χ3n) is 3.56. The van der Waals surface area contributed by atoms with Crippen molar-refractivity contribution < 1.29 is 9.53 Å². The minimum absolute atomic E-state index is 0.0343. The normalized spacial score (nSPS) is 17.6. The Morgan fingerprint density at radius 3 is 2.48 bits per heavy atom. The maximum Gasteiger partial charge on any atom is 0.239 e. The average molecular weight is 312 g/mol. The lowest BCUT2D eigenvalue weighted by Gasteiger charge is -2.35. The van der Waals surface area contributed by atoms with Gasteiger partial charge < -0.3 is 15.4 Å². The zero-order chi connectivity index (χ0) is 15.2. The van der Waals surface area contributed by atoms with Crippen LogP contribution < -0.4 is 10.5 Å². The number of hydrogen-bond acceptors (Lipinski definition) is 4. The second-order valence-corrected chi connectivity index (χ2v) is 5.69. The number of carbonyl (C=O) groups is 1. The number of amides is 1. The van der Waals surface area contributed by atoms with Gasteiger partial charge in [-0.3, -0.25) is 9.69 Å². The first-order chi connectivity index (χ1) is 10.1. The van der Waals surface area contributed by atoms with Crippen molar-refractivity contribution in [3.05, 3.63) is 29.3 Å². The average Bonchev–Trinajstić information content (AvgIpc) is 2.49. The maximum absolute atomic E-state index is 11.8. The summed E-state index contributed by atoms with van der Waals surface area (Å²) in [7, 11) is 0. The highest BCUT2D eigenvalue weighted by Crippen LogP contribution is 2.15. The number of benzene rings is 1. The highest BCUT2D eigenvalue weighted by molar-refractivity contribution is 6.30. The molecule has 1 heterocycles. The van der Waals surface area contributed by atoms with E-state index in [1.807, 2.05) is 29.2 Å². The molecule has 0 aliphatic carbocycles. The fourth-order valence-corrected chi connectivity index (χ4v) is 2.43. The molecule has 1 aliphatic rings. The smallest absolute Gasteiger partial charge is 0.239 e. The van der Waals surface area contributed by atoms with Crippen molar-refractivity contribution >= 4 is 17.5 Å². The predicted molar refractivity (Wildman–Crippen MR) is 83.6 cm³/mol. The van der Waals surface area contributed by atoms with Crippen LogP contribution in [0.1, 0.15) is 6.92 Å². The van der Waals surface area contributed by atoms with E-state index in [1.54, 1.807) is 6.92 Å². The molecule has 1 unspecified atom stereocenters. The standard InChI is InChI=1S/C15H22ClN3O2/c1-12(17)15(20)19-8-6-18(7-9-19)10-11-21-14-4-2-13(16)3-5-14/h2-5,12H,6-11,17H2,1H3. The number of rotatable bonds is 5. The summed E-state index contributed by atoms with van der Waals surface area (Å²) in [6.45, 7) is 6.41. The van der Waals surface area contributed by atoms with Gasteiger partial charge in [0, 0.05) is 37.7 Å². The molecule has 0 saturated carbocycles. The summed E-state index contributed by atoms with van der Waals surface area (Å²) in [4.78, 5) is 15.9. The molecule has 0 radical (unpaired) electrons. The van der Waals surface area contributed by atoms with E-state index in [4.69, 9.17) is 22.1 Å². The summed E-state index contributed by atoms with van der Waals surface area (Å²) in [5.41, 5.74) is 5.62. The van der Waals surface area contributed by atoms with Crippen molar-refractivity contribution in [3.63, 3.8) is 0 Å². The molecule has 2 rings (SSSR count). The first kappa shape index (κ1) is 16.1. The number of piperazine rings is 1. The topological polar surface area (TPSA) is 58.8 Å². The van der Waals surface area contributed by atoms with Crippen LogP contribution in [0.3, 0.4) is 0 Å². The molecule has 1 fully saturated rings. The van der Waals surface area contributed by atoms with Crippen LogP contribution in [0.2, 0.25) is 5.02 Å². The molecule has 0 spiro atoms. The largest absolute Gasteiger partial charge is 0.492 e. The van der Waals surface area contributed by atoms with E-state index in [-0.39, 0.29) is 5.91 Å². The van der Waals surface area contributed by atoms with Crippen LogP contribution in [0.25, 0.3) is 0 Å². The van der Waals surface area contributed by atoms with Gasteiger partial charge in [0.25, 0.3) is 0 Å². The first-order valence-corrected chi connectivity index (χ1v) is 7.59. The Morgan fingerprint density at radius 2 is 1.90 bits per heavy atom. The number of carbonyl (C=O) groups excluding carboxylic acids is 1. The van der Waals surface area contributed by atoms with Crippen LogP contribution in [0.4, 0.5) is 0 Å². The minimum Gasteiger partial charge on any atom is -0.492 e. The third kappa shape index (κ3) is 4.88. The van der Waals surface area contributed by atoms with Crippen LogP contribution in [-0.2, 0) is 4.79 Å². The molecule has 21 heavy (non-hydrogen) atoms. The summed E-state index contributed by atoms with van der Waals surface area (Å²) in [6, 6.07) is 6.94. The second kappa shape index (κ2) is 7.64. The van der Waals surface area contributed by atoms with Gasteiger partial charge in [0.2, 0.25) is 5.91 Å². The van der Waals surface area contributed by atoms with E-state index >= 15 is 0 Å². The van der Waals surface area contributed by atoms with Gasteiger partial charge in [-0.15, -0.1) is 0 Å². The lowest BCUT2D eigenvalue weighted by molar-refractivity contribution is -0.133. The molecule has 6 heteroatoms. The number of hydrogen-bond donors (Lipinski definition) is 1. The quantitative estimate of drug-likeness (QED) is 0.888. The van der Waals surface area contributed by atoms with Crippen LogP contribution in [0.15, 0.2) is 24.3 Å². The van der Waals surface area contributed by atoms with Crippen LogP contribution >= 0.6 is 11.6 Å². The van der Waals surface area contributed by atoms with E-state index < -0.39 is 6.04 Å². The Balaban J connectivity index is 1.67. The molecule has 5 nitrogen and oxygen atoms in total. The number of halogens is 1. The van der Waals surface area contributed by atoms with Crippen molar-refractivity contribution in [2.75, 3.05) is 39.3 Å². The van der Waals surface area contributed by atoms with Crippen LogP contribution in [0, 0.1) is 0 Å². The third-order valence-corrected chi connectivity index (χ3v) is 3.82. The van der Waals surface area contributed by atoms with Gasteiger partial charge in [-0.2, -0.15) is 0 Å². The van der Waals surface area contributed by atoms with Crippen LogP contribution in [-0.4, -0.2) is 61.1 Å². The number of nitrogens with zero attached hydrogens (tertiary/aromatic N) is 2. The van der Waals surface area contributed by atoms with E-state index in [2.05, 4.69) is 4.90 Å². The van der Waals surface area contributed by atoms with Crippen molar-refractivity contribution in [1.29, 1.82) is 0 Å². The second-order valence-electron chi connectivity index (χ2n) is 5.26. The molecule has 1 aromatic rings. The van der Waals surface area contributed by atoms with Gasteiger partial charge in [0.15, 0.2) is 0 Å². The summed E-state index contributed by atoms with van der Waals surface area (Å²) in [5.74, 6) is 0.859. The molecule has 0 bridgehead atoms. The number of nitrogens with two attached hydrogens (primary N) is 1.